The number of aromatic nitrogens is 3. The molecule has 3 aliphatic rings. The molecule has 0 aromatic carbocycles. The van der Waals surface area contributed by atoms with E-state index in [4.69, 9.17) is 9.72 Å². The summed E-state index contributed by atoms with van der Waals surface area (Å²) < 4.78 is 5.45. The van der Waals surface area contributed by atoms with Gasteiger partial charge < -0.3 is 19.9 Å². The minimum atomic E-state index is 0.144. The normalized spacial score (nSPS) is 21.5. The lowest BCUT2D eigenvalue weighted by Crippen LogP contribution is -2.38. The summed E-state index contributed by atoms with van der Waals surface area (Å²) in [5.41, 5.74) is 0. The van der Waals surface area contributed by atoms with Crippen LogP contribution in [0.2, 0.25) is 0 Å². The monoisotopic (exact) mass is 374 g/mol. The summed E-state index contributed by atoms with van der Waals surface area (Å²) in [6, 6.07) is 0. The molecule has 2 saturated heterocycles. The molecule has 1 saturated carbocycles. The summed E-state index contributed by atoms with van der Waals surface area (Å²) in [5, 5.41) is 3.06. The minimum absolute atomic E-state index is 0.144. The maximum atomic E-state index is 12.5. The SMILES string of the molecule is O=C(NCc1nc(N2CCCC2)nc(N2CCOCC2)n1)C1CCCCC1. The lowest BCUT2D eigenvalue weighted by atomic mass is 9.89. The van der Waals surface area contributed by atoms with Gasteiger partial charge in [-0.2, -0.15) is 15.0 Å². The van der Waals surface area contributed by atoms with Crippen molar-refractivity contribution >= 4 is 17.8 Å². The second kappa shape index (κ2) is 8.82. The Morgan fingerprint density at radius 3 is 2.19 bits per heavy atom. The molecule has 4 rings (SSSR count). The Hall–Kier alpha value is -1.96. The van der Waals surface area contributed by atoms with Crippen LogP contribution in [0.5, 0.6) is 0 Å². The first kappa shape index (κ1) is 18.4. The maximum Gasteiger partial charge on any atom is 0.230 e. The molecule has 1 N–H and O–H groups in total. The molecule has 0 spiro atoms. The van der Waals surface area contributed by atoms with E-state index in [0.717, 1.165) is 57.8 Å². The van der Waals surface area contributed by atoms with Crippen LogP contribution in [0.25, 0.3) is 0 Å². The van der Waals surface area contributed by atoms with Crippen LogP contribution < -0.4 is 15.1 Å². The number of nitrogens with zero attached hydrogens (tertiary/aromatic N) is 5. The van der Waals surface area contributed by atoms with E-state index >= 15 is 0 Å². The molecule has 0 radical (unpaired) electrons. The van der Waals surface area contributed by atoms with E-state index in [1.54, 1.807) is 0 Å². The van der Waals surface area contributed by atoms with Gasteiger partial charge in [0.15, 0.2) is 5.82 Å². The fourth-order valence-corrected chi connectivity index (χ4v) is 4.11. The average molecular weight is 374 g/mol. The molecule has 3 heterocycles. The number of nitrogens with one attached hydrogen (secondary N) is 1. The molecule has 8 heteroatoms. The lowest BCUT2D eigenvalue weighted by molar-refractivity contribution is -0.126. The molecule has 1 aromatic heterocycles. The largest absolute Gasteiger partial charge is 0.378 e. The van der Waals surface area contributed by atoms with E-state index in [1.165, 1.54) is 19.3 Å². The Balaban J connectivity index is 1.47. The number of carbonyl (C=O) groups is 1. The average Bonchev–Trinajstić information content (AvgIpc) is 3.28. The summed E-state index contributed by atoms with van der Waals surface area (Å²) in [6.45, 7) is 5.31. The molecule has 1 aromatic rings. The summed E-state index contributed by atoms with van der Waals surface area (Å²) in [6.07, 6.45) is 7.91. The van der Waals surface area contributed by atoms with Crippen molar-refractivity contribution in [3.63, 3.8) is 0 Å². The second-order valence-corrected chi connectivity index (χ2v) is 7.70. The zero-order valence-corrected chi connectivity index (χ0v) is 16.0. The predicted octanol–water partition coefficient (Wildman–Crippen LogP) is 1.50. The van der Waals surface area contributed by atoms with Crippen LogP contribution in [0, 0.1) is 5.92 Å². The van der Waals surface area contributed by atoms with Gasteiger partial charge in [0.25, 0.3) is 0 Å². The third-order valence-corrected chi connectivity index (χ3v) is 5.74. The molecule has 1 amide bonds. The van der Waals surface area contributed by atoms with Crippen LogP contribution in [-0.4, -0.2) is 60.3 Å². The zero-order valence-electron chi connectivity index (χ0n) is 16.0. The molecule has 1 aliphatic carbocycles. The van der Waals surface area contributed by atoms with E-state index in [1.807, 2.05) is 0 Å². The van der Waals surface area contributed by atoms with Gasteiger partial charge in [-0.05, 0) is 25.7 Å². The van der Waals surface area contributed by atoms with Crippen LogP contribution >= 0.6 is 0 Å². The van der Waals surface area contributed by atoms with Crippen molar-refractivity contribution in [3.8, 4) is 0 Å². The Kier molecular flexibility index (Phi) is 6.01. The molecule has 0 bridgehead atoms. The van der Waals surface area contributed by atoms with Gasteiger partial charge in [-0.15, -0.1) is 0 Å². The number of anilines is 2. The van der Waals surface area contributed by atoms with Crippen LogP contribution in [0.4, 0.5) is 11.9 Å². The molecule has 148 valence electrons. The molecule has 3 fully saturated rings. The van der Waals surface area contributed by atoms with Gasteiger partial charge in [0, 0.05) is 32.1 Å². The highest BCUT2D eigenvalue weighted by molar-refractivity contribution is 5.78. The number of hydrogen-bond acceptors (Lipinski definition) is 7. The Bertz CT molecular complexity index is 637. The summed E-state index contributed by atoms with van der Waals surface area (Å²) in [4.78, 5) is 30.9. The van der Waals surface area contributed by atoms with E-state index in [-0.39, 0.29) is 11.8 Å². The summed E-state index contributed by atoms with van der Waals surface area (Å²) in [5.74, 6) is 2.39. The standard InChI is InChI=1S/C19H30N6O2/c26-17(15-6-2-1-3-7-15)20-14-16-21-18(24-8-4-5-9-24)23-19(22-16)25-10-12-27-13-11-25/h15H,1-14H2,(H,20,26). The van der Waals surface area contributed by atoms with Crippen molar-refractivity contribution in [1.29, 1.82) is 0 Å². The highest BCUT2D eigenvalue weighted by Gasteiger charge is 2.23. The van der Waals surface area contributed by atoms with Crippen LogP contribution in [-0.2, 0) is 16.1 Å². The van der Waals surface area contributed by atoms with Crippen molar-refractivity contribution in [1.82, 2.24) is 20.3 Å². The van der Waals surface area contributed by atoms with Gasteiger partial charge in [-0.25, -0.2) is 0 Å². The van der Waals surface area contributed by atoms with Crippen molar-refractivity contribution in [3.05, 3.63) is 5.82 Å². The highest BCUT2D eigenvalue weighted by Crippen LogP contribution is 2.24. The number of morpholine rings is 1. The summed E-state index contributed by atoms with van der Waals surface area (Å²) >= 11 is 0. The van der Waals surface area contributed by atoms with E-state index in [0.29, 0.717) is 31.5 Å². The number of amides is 1. The molecule has 2 aliphatic heterocycles. The topological polar surface area (TPSA) is 83.5 Å². The van der Waals surface area contributed by atoms with Gasteiger partial charge in [0.1, 0.15) is 0 Å². The van der Waals surface area contributed by atoms with Gasteiger partial charge in [-0.1, -0.05) is 19.3 Å². The number of rotatable bonds is 5. The molecule has 8 nitrogen and oxygen atoms in total. The number of hydrogen-bond donors (Lipinski definition) is 1. The predicted molar refractivity (Wildman–Crippen MR) is 103 cm³/mol. The smallest absolute Gasteiger partial charge is 0.230 e. The van der Waals surface area contributed by atoms with Crippen LogP contribution in [0.1, 0.15) is 50.8 Å². The lowest BCUT2D eigenvalue weighted by Gasteiger charge is -2.28. The van der Waals surface area contributed by atoms with E-state index in [2.05, 4.69) is 25.1 Å². The molecular weight excluding hydrogens is 344 g/mol. The fourth-order valence-electron chi connectivity index (χ4n) is 4.11. The fraction of sp³-hybridized carbons (Fsp3) is 0.789. The number of carbonyl (C=O) groups excluding carboxylic acids is 1. The van der Waals surface area contributed by atoms with Crippen molar-refractivity contribution in [2.75, 3.05) is 49.2 Å². The molecular formula is C19H30N6O2. The molecule has 0 atom stereocenters. The molecule has 27 heavy (non-hydrogen) atoms. The van der Waals surface area contributed by atoms with E-state index in [9.17, 15) is 4.79 Å². The van der Waals surface area contributed by atoms with Gasteiger partial charge in [-0.3, -0.25) is 4.79 Å². The number of ether oxygens (including phenoxy) is 1. The second-order valence-electron chi connectivity index (χ2n) is 7.70. The quantitative estimate of drug-likeness (QED) is 0.836. The van der Waals surface area contributed by atoms with Crippen LogP contribution in [0.15, 0.2) is 0 Å². The zero-order chi connectivity index (χ0) is 18.5. The van der Waals surface area contributed by atoms with Crippen LogP contribution in [0.3, 0.4) is 0 Å². The first-order valence-electron chi connectivity index (χ1n) is 10.4. The third-order valence-electron chi connectivity index (χ3n) is 5.74. The third kappa shape index (κ3) is 4.66. The first-order chi connectivity index (χ1) is 13.3. The Labute approximate surface area is 160 Å². The molecule has 0 unspecified atom stereocenters. The van der Waals surface area contributed by atoms with Crippen molar-refractivity contribution < 1.29 is 9.53 Å². The first-order valence-corrected chi connectivity index (χ1v) is 10.4. The minimum Gasteiger partial charge on any atom is -0.378 e. The van der Waals surface area contributed by atoms with Gasteiger partial charge in [0.2, 0.25) is 17.8 Å². The summed E-state index contributed by atoms with van der Waals surface area (Å²) in [7, 11) is 0. The highest BCUT2D eigenvalue weighted by atomic mass is 16.5. The van der Waals surface area contributed by atoms with Gasteiger partial charge in [0.05, 0.1) is 19.8 Å². The Morgan fingerprint density at radius 2 is 1.52 bits per heavy atom. The van der Waals surface area contributed by atoms with Crippen molar-refractivity contribution in [2.24, 2.45) is 5.92 Å². The van der Waals surface area contributed by atoms with E-state index < -0.39 is 0 Å². The Morgan fingerprint density at radius 1 is 0.889 bits per heavy atom. The van der Waals surface area contributed by atoms with Gasteiger partial charge >= 0.3 is 0 Å². The maximum absolute atomic E-state index is 12.5. The van der Waals surface area contributed by atoms with Crippen molar-refractivity contribution in [2.45, 2.75) is 51.5 Å².